The molecule has 0 saturated carbocycles. The summed E-state index contributed by atoms with van der Waals surface area (Å²) < 4.78 is 24.7. The molecule has 4 heterocycles. The van der Waals surface area contributed by atoms with E-state index in [0.29, 0.717) is 11.1 Å². The Balaban J connectivity index is 0.000000217. The molecule has 2 aromatic heterocycles. The van der Waals surface area contributed by atoms with Crippen LogP contribution >= 0.6 is 15.9 Å². The number of nitrogens with zero attached hydrogens (tertiary/aromatic N) is 4. The Morgan fingerprint density at radius 2 is 1.08 bits per heavy atom. The fraction of sp³-hybridized carbons (Fsp3) is 0.500. The summed E-state index contributed by atoms with van der Waals surface area (Å²) in [4.78, 5) is 7.42. The van der Waals surface area contributed by atoms with Gasteiger partial charge in [-0.3, -0.25) is 9.97 Å². The molecule has 2 aliphatic heterocycles. The maximum absolute atomic E-state index is 8.65. The number of pyridine rings is 2. The summed E-state index contributed by atoms with van der Waals surface area (Å²) in [6.07, 6.45) is 5.81. The van der Waals surface area contributed by atoms with Crippen LogP contribution in [0.15, 0.2) is 41.4 Å². The van der Waals surface area contributed by atoms with Crippen molar-refractivity contribution in [2.45, 2.75) is 77.8 Å². The topological polar surface area (TPSA) is 151 Å². The van der Waals surface area contributed by atoms with Crippen LogP contribution in [-0.4, -0.2) is 63.6 Å². The van der Waals surface area contributed by atoms with E-state index >= 15 is 0 Å². The molecule has 0 aromatic carbocycles. The van der Waals surface area contributed by atoms with Crippen LogP contribution in [0.3, 0.4) is 0 Å². The second-order valence-electron chi connectivity index (χ2n) is 10.7. The first-order chi connectivity index (χ1) is 17.4. The maximum atomic E-state index is 8.65. The minimum atomic E-state index is -1.56. The Morgan fingerprint density at radius 1 is 0.711 bits per heavy atom. The van der Waals surface area contributed by atoms with Gasteiger partial charge < -0.3 is 28.7 Å². The molecular formula is C24H32B3BrN4O6. The second kappa shape index (κ2) is 12.3. The van der Waals surface area contributed by atoms with Crippen LogP contribution in [0.4, 0.5) is 0 Å². The van der Waals surface area contributed by atoms with E-state index < -0.39 is 21.1 Å². The van der Waals surface area contributed by atoms with Crippen LogP contribution in [0, 0.1) is 22.7 Å². The zero-order chi connectivity index (χ0) is 28.9. The summed E-state index contributed by atoms with van der Waals surface area (Å²) in [5.74, 6) is 0. The predicted octanol–water partition coefficient (Wildman–Crippen LogP) is 2.60. The Morgan fingerprint density at radius 3 is 1.39 bits per heavy atom. The minimum Gasteiger partial charge on any atom is -0.423 e. The molecule has 2 aromatic rings. The first kappa shape index (κ1) is 31.9. The predicted molar refractivity (Wildman–Crippen MR) is 148 cm³/mol. The minimum absolute atomic E-state index is 0.226. The van der Waals surface area contributed by atoms with Gasteiger partial charge in [0.25, 0.3) is 0 Å². The third kappa shape index (κ3) is 7.87. The highest BCUT2D eigenvalue weighted by Gasteiger charge is 2.63. The second-order valence-corrected chi connectivity index (χ2v) is 11.7. The van der Waals surface area contributed by atoms with Crippen molar-refractivity contribution in [2.75, 3.05) is 0 Å². The highest BCUT2D eigenvalue weighted by molar-refractivity contribution is 9.10. The van der Waals surface area contributed by atoms with Gasteiger partial charge in [-0.25, -0.2) is 0 Å². The SMILES string of the molecule is CC1(C)OB(B2OC(C)(C)C(C)(C)O2)OC1(C)C.N#Cc1cncc(B(O)O)c1.N#Cc1cncc(Br)c1. The summed E-state index contributed by atoms with van der Waals surface area (Å²) in [6.45, 7) is 16.2. The quantitative estimate of drug-likeness (QED) is 0.504. The first-order valence-corrected chi connectivity index (χ1v) is 12.7. The molecule has 2 fully saturated rings. The zero-order valence-corrected chi connectivity index (χ0v) is 24.5. The van der Waals surface area contributed by atoms with Crippen LogP contribution in [0.25, 0.3) is 0 Å². The molecule has 0 amide bonds. The highest BCUT2D eigenvalue weighted by atomic mass is 79.9. The molecule has 0 aliphatic carbocycles. The van der Waals surface area contributed by atoms with E-state index in [1.54, 1.807) is 12.3 Å². The molecule has 0 unspecified atom stereocenters. The number of nitriles is 2. The molecule has 38 heavy (non-hydrogen) atoms. The van der Waals surface area contributed by atoms with E-state index in [2.05, 4.69) is 25.9 Å². The van der Waals surface area contributed by atoms with Crippen LogP contribution < -0.4 is 5.46 Å². The molecule has 0 spiro atoms. The van der Waals surface area contributed by atoms with Gasteiger partial charge in [0, 0.05) is 34.7 Å². The molecule has 2 saturated heterocycles. The fourth-order valence-corrected chi connectivity index (χ4v) is 3.50. The van der Waals surface area contributed by atoms with Gasteiger partial charge in [0.2, 0.25) is 0 Å². The Kier molecular flexibility index (Phi) is 10.3. The van der Waals surface area contributed by atoms with E-state index in [1.165, 1.54) is 24.7 Å². The van der Waals surface area contributed by atoms with Crippen molar-refractivity contribution in [2.24, 2.45) is 0 Å². The lowest BCUT2D eigenvalue weighted by Gasteiger charge is -2.32. The third-order valence-corrected chi connectivity index (χ3v) is 7.22. The Hall–Kier alpha value is -2.29. The molecule has 2 N–H and O–H groups in total. The van der Waals surface area contributed by atoms with Crippen LogP contribution in [0.5, 0.6) is 0 Å². The third-order valence-electron chi connectivity index (χ3n) is 6.79. The largest absolute Gasteiger partial charge is 0.490 e. The van der Waals surface area contributed by atoms with E-state index in [1.807, 2.05) is 67.5 Å². The van der Waals surface area contributed by atoms with Gasteiger partial charge in [0.1, 0.15) is 12.1 Å². The first-order valence-electron chi connectivity index (χ1n) is 11.9. The fourth-order valence-electron chi connectivity index (χ4n) is 3.13. The summed E-state index contributed by atoms with van der Waals surface area (Å²) in [5, 5.41) is 34.0. The van der Waals surface area contributed by atoms with Crippen LogP contribution in [0.1, 0.15) is 66.5 Å². The molecule has 2 aliphatic rings. The number of aromatic nitrogens is 2. The van der Waals surface area contributed by atoms with Gasteiger partial charge in [-0.05, 0) is 83.5 Å². The molecule has 0 bridgehead atoms. The molecule has 4 rings (SSSR count). The van der Waals surface area contributed by atoms with Crippen molar-refractivity contribution < 1.29 is 28.7 Å². The van der Waals surface area contributed by atoms with E-state index in [9.17, 15) is 0 Å². The lowest BCUT2D eigenvalue weighted by molar-refractivity contribution is 0.00578. The van der Waals surface area contributed by atoms with Gasteiger partial charge in [-0.1, -0.05) is 0 Å². The lowest BCUT2D eigenvalue weighted by Crippen LogP contribution is -2.41. The normalized spacial score (nSPS) is 19.7. The summed E-state index contributed by atoms with van der Waals surface area (Å²) in [5.41, 5.74) is -0.325. The standard InChI is InChI=1S/C12H24B2O4.C6H5BN2O2.C6H3BrN2/c1-9(2)10(3,4)16-13(15-9)14-17-11(5,6)12(7,8)18-14;8-2-5-1-6(7(10)11)4-9-3-5;7-6-1-5(2-8)3-9-4-6/h1-8H3;1,3-4,10-11H;1,3-4H. The van der Waals surface area contributed by atoms with E-state index in [-0.39, 0.29) is 27.9 Å². The van der Waals surface area contributed by atoms with Gasteiger partial charge in [0.05, 0.1) is 33.5 Å². The molecule has 14 heteroatoms. The summed E-state index contributed by atoms with van der Waals surface area (Å²) >= 11 is 3.19. The molecular weight excluding hydrogens is 553 g/mol. The molecule has 200 valence electrons. The van der Waals surface area contributed by atoms with Gasteiger partial charge in [-0.15, -0.1) is 0 Å². The van der Waals surface area contributed by atoms with Crippen molar-refractivity contribution in [1.82, 2.24) is 9.97 Å². The number of hydrogen-bond acceptors (Lipinski definition) is 10. The van der Waals surface area contributed by atoms with Crippen molar-refractivity contribution in [3.05, 3.63) is 52.5 Å². The molecule has 10 nitrogen and oxygen atoms in total. The van der Waals surface area contributed by atoms with Crippen LogP contribution in [0.2, 0.25) is 0 Å². The average Bonchev–Trinajstić information content (AvgIpc) is 3.19. The lowest BCUT2D eigenvalue weighted by atomic mass is 9.49. The summed E-state index contributed by atoms with van der Waals surface area (Å²) in [7, 11) is -2.51. The average molecular weight is 585 g/mol. The number of halogens is 1. The zero-order valence-electron chi connectivity index (χ0n) is 22.9. The monoisotopic (exact) mass is 584 g/mol. The van der Waals surface area contributed by atoms with E-state index in [4.69, 9.17) is 39.2 Å². The van der Waals surface area contributed by atoms with Crippen molar-refractivity contribution in [3.8, 4) is 12.1 Å². The molecule has 0 atom stereocenters. The number of hydrogen-bond donors (Lipinski definition) is 2. The van der Waals surface area contributed by atoms with Crippen molar-refractivity contribution >= 4 is 42.5 Å². The number of rotatable bonds is 2. The molecule has 0 radical (unpaired) electrons. The van der Waals surface area contributed by atoms with Gasteiger partial charge >= 0.3 is 21.1 Å². The maximum Gasteiger partial charge on any atom is 0.490 e. The Labute approximate surface area is 233 Å². The van der Waals surface area contributed by atoms with Gasteiger partial charge in [0.15, 0.2) is 0 Å². The Bertz CT molecular complexity index is 1130. The van der Waals surface area contributed by atoms with E-state index in [0.717, 1.165) is 4.47 Å². The van der Waals surface area contributed by atoms with Crippen molar-refractivity contribution in [1.29, 1.82) is 10.5 Å². The summed E-state index contributed by atoms with van der Waals surface area (Å²) in [6, 6.07) is 6.90. The highest BCUT2D eigenvalue weighted by Crippen LogP contribution is 2.42. The van der Waals surface area contributed by atoms with Crippen LogP contribution in [-0.2, 0) is 18.6 Å². The van der Waals surface area contributed by atoms with Gasteiger partial charge in [-0.2, -0.15) is 10.5 Å². The van der Waals surface area contributed by atoms with Crippen molar-refractivity contribution in [3.63, 3.8) is 0 Å². The smallest absolute Gasteiger partial charge is 0.423 e.